The summed E-state index contributed by atoms with van der Waals surface area (Å²) in [7, 11) is -3.82. The Morgan fingerprint density at radius 2 is 1.84 bits per heavy atom. The molecular formula is C24H26N2O5S. The third kappa shape index (κ3) is 4.92. The van der Waals surface area contributed by atoms with Crippen LogP contribution in [-0.4, -0.2) is 30.5 Å². The Morgan fingerprint density at radius 3 is 2.59 bits per heavy atom. The Labute approximate surface area is 187 Å². The SMILES string of the molecule is Cc1cc(COc2ccc(S(=O)(=O)N[C@H]3CCCC[C@H]3C(=O)O)cc2)c2ccccc2n1. The minimum atomic E-state index is -3.82. The van der Waals surface area contributed by atoms with Gasteiger partial charge in [-0.15, -0.1) is 0 Å². The zero-order valence-electron chi connectivity index (χ0n) is 17.8. The topological polar surface area (TPSA) is 106 Å². The fourth-order valence-electron chi connectivity index (χ4n) is 4.23. The second kappa shape index (κ2) is 9.26. The lowest BCUT2D eigenvalue weighted by Crippen LogP contribution is -2.44. The molecule has 1 fully saturated rings. The van der Waals surface area contributed by atoms with Gasteiger partial charge in [-0.25, -0.2) is 13.1 Å². The van der Waals surface area contributed by atoms with Crippen LogP contribution in [0.2, 0.25) is 0 Å². The van der Waals surface area contributed by atoms with E-state index in [4.69, 9.17) is 4.74 Å². The minimum absolute atomic E-state index is 0.0877. The summed E-state index contributed by atoms with van der Waals surface area (Å²) in [4.78, 5) is 16.1. The molecule has 0 amide bonds. The second-order valence-corrected chi connectivity index (χ2v) is 9.87. The summed E-state index contributed by atoms with van der Waals surface area (Å²) < 4.78 is 34.1. The molecule has 0 radical (unpaired) electrons. The highest BCUT2D eigenvalue weighted by Gasteiger charge is 2.34. The first-order valence-electron chi connectivity index (χ1n) is 10.7. The molecule has 1 heterocycles. The molecule has 1 aromatic heterocycles. The Morgan fingerprint density at radius 1 is 1.12 bits per heavy atom. The number of hydrogen-bond acceptors (Lipinski definition) is 5. The van der Waals surface area contributed by atoms with E-state index in [0.717, 1.165) is 35.0 Å². The van der Waals surface area contributed by atoms with Gasteiger partial charge in [0.15, 0.2) is 0 Å². The molecule has 2 aromatic carbocycles. The normalized spacial score (nSPS) is 19.0. The quantitative estimate of drug-likeness (QED) is 0.558. The number of aromatic nitrogens is 1. The summed E-state index contributed by atoms with van der Waals surface area (Å²) in [5, 5.41) is 10.4. The van der Waals surface area contributed by atoms with E-state index in [1.807, 2.05) is 37.3 Å². The van der Waals surface area contributed by atoms with Crippen LogP contribution in [0.1, 0.15) is 36.9 Å². The first-order chi connectivity index (χ1) is 15.3. The summed E-state index contributed by atoms with van der Waals surface area (Å²) >= 11 is 0. The molecule has 2 N–H and O–H groups in total. The monoisotopic (exact) mass is 454 g/mol. The van der Waals surface area contributed by atoms with Gasteiger partial charge in [-0.2, -0.15) is 0 Å². The van der Waals surface area contributed by atoms with Crippen LogP contribution in [0.4, 0.5) is 0 Å². The fraction of sp³-hybridized carbons (Fsp3) is 0.333. The van der Waals surface area contributed by atoms with E-state index < -0.39 is 28.0 Å². The smallest absolute Gasteiger partial charge is 0.308 e. The number of aryl methyl sites for hydroxylation is 1. The molecular weight excluding hydrogens is 428 g/mol. The number of para-hydroxylation sites is 1. The number of benzene rings is 2. The summed E-state index contributed by atoms with van der Waals surface area (Å²) in [6.07, 6.45) is 2.62. The molecule has 0 aliphatic heterocycles. The van der Waals surface area contributed by atoms with Crippen LogP contribution < -0.4 is 9.46 Å². The minimum Gasteiger partial charge on any atom is -0.489 e. The van der Waals surface area contributed by atoms with Gasteiger partial charge in [0.05, 0.1) is 16.3 Å². The van der Waals surface area contributed by atoms with Gasteiger partial charge in [-0.05, 0) is 56.2 Å². The maximum atomic E-state index is 12.8. The standard InChI is InChI=1S/C24H26N2O5S/c1-16-14-17(20-6-2-4-8-22(20)25-16)15-31-18-10-12-19(13-11-18)32(29,30)26-23-9-5-3-7-21(23)24(27)28/h2,4,6,8,10-14,21,23,26H,3,5,7,9,15H2,1H3,(H,27,28)/t21-,23+/m1/s1. The second-order valence-electron chi connectivity index (χ2n) is 8.16. The number of carbonyl (C=O) groups is 1. The van der Waals surface area contributed by atoms with Gasteiger partial charge in [-0.3, -0.25) is 9.78 Å². The molecule has 8 heteroatoms. The van der Waals surface area contributed by atoms with Crippen LogP contribution in [-0.2, 0) is 21.4 Å². The molecule has 1 aliphatic carbocycles. The first-order valence-corrected chi connectivity index (χ1v) is 12.1. The average molecular weight is 455 g/mol. The van der Waals surface area contributed by atoms with E-state index in [1.54, 1.807) is 12.1 Å². The van der Waals surface area contributed by atoms with Crippen molar-refractivity contribution in [1.29, 1.82) is 0 Å². The number of rotatable bonds is 7. The first kappa shape index (κ1) is 22.2. The maximum absolute atomic E-state index is 12.8. The highest BCUT2D eigenvalue weighted by molar-refractivity contribution is 7.89. The third-order valence-electron chi connectivity index (χ3n) is 5.85. The van der Waals surface area contributed by atoms with Crippen molar-refractivity contribution in [3.05, 3.63) is 65.9 Å². The summed E-state index contributed by atoms with van der Waals surface area (Å²) in [5.74, 6) is -1.11. The summed E-state index contributed by atoms with van der Waals surface area (Å²) in [5.41, 5.74) is 2.81. The van der Waals surface area contributed by atoms with E-state index in [0.29, 0.717) is 25.2 Å². The predicted octanol–water partition coefficient (Wildman–Crippen LogP) is 4.04. The lowest BCUT2D eigenvalue weighted by atomic mass is 9.85. The van der Waals surface area contributed by atoms with Crippen LogP contribution in [0, 0.1) is 12.8 Å². The van der Waals surface area contributed by atoms with Crippen LogP contribution in [0.25, 0.3) is 10.9 Å². The largest absolute Gasteiger partial charge is 0.489 e. The Balaban J connectivity index is 1.46. The Hall–Kier alpha value is -2.97. The fourth-order valence-corrected chi connectivity index (χ4v) is 5.54. The number of carboxylic acids is 1. The number of nitrogens with one attached hydrogen (secondary N) is 1. The number of fused-ring (bicyclic) bond motifs is 1. The van der Waals surface area contributed by atoms with E-state index in [9.17, 15) is 18.3 Å². The highest BCUT2D eigenvalue weighted by Crippen LogP contribution is 2.27. The van der Waals surface area contributed by atoms with Crippen LogP contribution in [0.15, 0.2) is 59.5 Å². The molecule has 1 saturated carbocycles. The van der Waals surface area contributed by atoms with Crippen molar-refractivity contribution in [1.82, 2.24) is 9.71 Å². The molecule has 4 rings (SSSR count). The van der Waals surface area contributed by atoms with E-state index in [1.165, 1.54) is 12.1 Å². The number of pyridine rings is 1. The molecule has 0 spiro atoms. The Bertz CT molecular complexity index is 1220. The van der Waals surface area contributed by atoms with Gasteiger partial charge >= 0.3 is 5.97 Å². The van der Waals surface area contributed by atoms with Gasteiger partial charge in [0.1, 0.15) is 12.4 Å². The molecule has 168 valence electrons. The van der Waals surface area contributed by atoms with E-state index in [-0.39, 0.29) is 4.90 Å². The number of carboxylic acid groups (broad SMARTS) is 1. The zero-order valence-corrected chi connectivity index (χ0v) is 18.6. The number of aliphatic carboxylic acids is 1. The van der Waals surface area contributed by atoms with Crippen LogP contribution >= 0.6 is 0 Å². The van der Waals surface area contributed by atoms with Crippen LogP contribution in [0.5, 0.6) is 5.75 Å². The van der Waals surface area contributed by atoms with Crippen molar-refractivity contribution in [2.45, 2.75) is 50.2 Å². The van der Waals surface area contributed by atoms with Crippen molar-refractivity contribution in [2.24, 2.45) is 5.92 Å². The lowest BCUT2D eigenvalue weighted by Gasteiger charge is -2.29. The van der Waals surface area contributed by atoms with Gasteiger partial charge in [0.2, 0.25) is 10.0 Å². The summed E-state index contributed by atoms with van der Waals surface area (Å²) in [6.45, 7) is 2.26. The molecule has 7 nitrogen and oxygen atoms in total. The molecule has 1 aliphatic rings. The van der Waals surface area contributed by atoms with Crippen LogP contribution in [0.3, 0.4) is 0 Å². The number of nitrogens with zero attached hydrogens (tertiary/aromatic N) is 1. The molecule has 0 saturated heterocycles. The van der Waals surface area contributed by atoms with Crippen molar-refractivity contribution < 1.29 is 23.1 Å². The van der Waals surface area contributed by atoms with E-state index in [2.05, 4.69) is 9.71 Å². The Kier molecular flexibility index (Phi) is 6.43. The zero-order chi connectivity index (χ0) is 22.7. The van der Waals surface area contributed by atoms with E-state index >= 15 is 0 Å². The third-order valence-corrected chi connectivity index (χ3v) is 7.35. The van der Waals surface area contributed by atoms with Gasteiger partial charge < -0.3 is 9.84 Å². The number of hydrogen-bond donors (Lipinski definition) is 2. The molecule has 0 unspecified atom stereocenters. The van der Waals surface area contributed by atoms with Gasteiger partial charge in [0.25, 0.3) is 0 Å². The maximum Gasteiger partial charge on any atom is 0.308 e. The molecule has 3 aromatic rings. The van der Waals surface area contributed by atoms with Gasteiger partial charge in [0, 0.05) is 22.7 Å². The average Bonchev–Trinajstić information content (AvgIpc) is 2.77. The van der Waals surface area contributed by atoms with Crippen molar-refractivity contribution in [2.75, 3.05) is 0 Å². The summed E-state index contributed by atoms with van der Waals surface area (Å²) in [6, 6.07) is 15.4. The van der Waals surface area contributed by atoms with Gasteiger partial charge in [-0.1, -0.05) is 31.0 Å². The number of sulfonamides is 1. The number of ether oxygens (including phenoxy) is 1. The lowest BCUT2D eigenvalue weighted by molar-refractivity contribution is -0.143. The highest BCUT2D eigenvalue weighted by atomic mass is 32.2. The van der Waals surface area contributed by atoms with Crippen molar-refractivity contribution in [3.63, 3.8) is 0 Å². The molecule has 2 atom stereocenters. The van der Waals surface area contributed by atoms with Crippen molar-refractivity contribution in [3.8, 4) is 5.75 Å². The van der Waals surface area contributed by atoms with Crippen molar-refractivity contribution >= 4 is 26.9 Å². The molecule has 0 bridgehead atoms. The molecule has 32 heavy (non-hydrogen) atoms. The predicted molar refractivity (Wildman–Crippen MR) is 121 cm³/mol.